The largest absolute Gasteiger partial charge is 0.484 e. The number of amides is 2. The Bertz CT molecular complexity index is 1000. The molecule has 1 heterocycles. The van der Waals surface area contributed by atoms with Crippen LogP contribution in [-0.4, -0.2) is 18.4 Å². The van der Waals surface area contributed by atoms with Crippen LogP contribution in [0.1, 0.15) is 33.6 Å². The van der Waals surface area contributed by atoms with Crippen molar-refractivity contribution in [3.8, 4) is 5.75 Å². The Morgan fingerprint density at radius 1 is 0.897 bits per heavy atom. The first kappa shape index (κ1) is 19.2. The van der Waals surface area contributed by atoms with Gasteiger partial charge in [0.05, 0.1) is 5.56 Å². The highest BCUT2D eigenvalue weighted by Gasteiger charge is 2.26. The van der Waals surface area contributed by atoms with Gasteiger partial charge in [-0.05, 0) is 55.5 Å². The Kier molecular flexibility index (Phi) is 5.91. The molecule has 0 spiro atoms. The quantitative estimate of drug-likeness (QED) is 0.612. The number of hydrogen-bond acceptors (Lipinski definition) is 4. The zero-order chi connectivity index (χ0) is 20.1. The van der Waals surface area contributed by atoms with Crippen LogP contribution in [0.25, 0.3) is 0 Å². The van der Waals surface area contributed by atoms with Gasteiger partial charge in [0.25, 0.3) is 11.8 Å². The van der Waals surface area contributed by atoms with Crippen molar-refractivity contribution in [3.05, 3.63) is 76.7 Å². The van der Waals surface area contributed by atoms with E-state index in [0.29, 0.717) is 16.3 Å². The van der Waals surface area contributed by atoms with E-state index in [2.05, 4.69) is 10.6 Å². The summed E-state index contributed by atoms with van der Waals surface area (Å²) in [5, 5.41) is 6.45. The summed E-state index contributed by atoms with van der Waals surface area (Å²) in [5.74, 6) is 0.172. The van der Waals surface area contributed by atoms with Crippen molar-refractivity contribution in [1.29, 1.82) is 0 Å². The molecule has 29 heavy (non-hydrogen) atoms. The van der Waals surface area contributed by atoms with Gasteiger partial charge in [0.15, 0.2) is 6.61 Å². The smallest absolute Gasteiger partial charge is 0.262 e. The molecule has 2 amide bonds. The lowest BCUT2D eigenvalue weighted by atomic mass is 9.95. The van der Waals surface area contributed by atoms with Crippen LogP contribution >= 0.6 is 11.3 Å². The molecular formula is C23H22N2O3S. The van der Waals surface area contributed by atoms with Crippen molar-refractivity contribution in [2.24, 2.45) is 0 Å². The van der Waals surface area contributed by atoms with E-state index in [1.807, 2.05) is 48.5 Å². The fourth-order valence-corrected chi connectivity index (χ4v) is 4.74. The Balaban J connectivity index is 1.52. The minimum Gasteiger partial charge on any atom is -0.484 e. The first-order valence-electron chi connectivity index (χ1n) is 9.69. The number of carbonyl (C=O) groups excluding carboxylic acids is 2. The Labute approximate surface area is 173 Å². The first-order valence-corrected chi connectivity index (χ1v) is 10.5. The lowest BCUT2D eigenvalue weighted by Gasteiger charge is -2.13. The van der Waals surface area contributed by atoms with E-state index in [9.17, 15) is 9.59 Å². The highest BCUT2D eigenvalue weighted by atomic mass is 32.1. The Hall–Kier alpha value is -3.12. The maximum Gasteiger partial charge on any atom is 0.262 e. The number of fused-ring (bicyclic) bond motifs is 1. The van der Waals surface area contributed by atoms with Crippen LogP contribution < -0.4 is 15.4 Å². The standard InChI is InChI=1S/C23H22N2O3S/c26-20(15-28-17-11-5-2-6-12-17)25-23-21(18-13-7-8-14-19(18)29-23)22(27)24-16-9-3-1-4-10-16/h1-6,9-12H,7-8,13-15H2,(H,24,27)(H,25,26). The number of carbonyl (C=O) groups is 2. The molecule has 0 bridgehead atoms. The lowest BCUT2D eigenvalue weighted by Crippen LogP contribution is -2.22. The first-order chi connectivity index (χ1) is 14.2. The van der Waals surface area contributed by atoms with Gasteiger partial charge in [-0.15, -0.1) is 11.3 Å². The van der Waals surface area contributed by atoms with Crippen LogP contribution in [0.2, 0.25) is 0 Å². The summed E-state index contributed by atoms with van der Waals surface area (Å²) in [6, 6.07) is 18.6. The molecule has 6 heteroatoms. The van der Waals surface area contributed by atoms with Gasteiger partial charge in [0.1, 0.15) is 10.8 Å². The van der Waals surface area contributed by atoms with Gasteiger partial charge in [0, 0.05) is 10.6 Å². The summed E-state index contributed by atoms with van der Waals surface area (Å²) in [6.45, 7) is -0.105. The Morgan fingerprint density at radius 2 is 1.59 bits per heavy atom. The van der Waals surface area contributed by atoms with Crippen molar-refractivity contribution < 1.29 is 14.3 Å². The topological polar surface area (TPSA) is 67.4 Å². The maximum atomic E-state index is 13.0. The van der Waals surface area contributed by atoms with Gasteiger partial charge in [-0.25, -0.2) is 0 Å². The van der Waals surface area contributed by atoms with Crippen molar-refractivity contribution in [2.45, 2.75) is 25.7 Å². The van der Waals surface area contributed by atoms with Gasteiger partial charge in [0.2, 0.25) is 0 Å². The van der Waals surface area contributed by atoms with E-state index in [-0.39, 0.29) is 18.4 Å². The second-order valence-electron chi connectivity index (χ2n) is 6.89. The lowest BCUT2D eigenvalue weighted by molar-refractivity contribution is -0.118. The molecule has 0 unspecified atom stereocenters. The number of hydrogen-bond donors (Lipinski definition) is 2. The minimum atomic E-state index is -0.277. The van der Waals surface area contributed by atoms with E-state index in [1.165, 1.54) is 16.2 Å². The number of thiophene rings is 1. The monoisotopic (exact) mass is 406 g/mol. The maximum absolute atomic E-state index is 13.0. The molecule has 3 aromatic rings. The summed E-state index contributed by atoms with van der Waals surface area (Å²) < 4.78 is 5.53. The van der Waals surface area contributed by atoms with Gasteiger partial charge >= 0.3 is 0 Å². The molecule has 0 saturated carbocycles. The van der Waals surface area contributed by atoms with Gasteiger partial charge in [-0.2, -0.15) is 0 Å². The van der Waals surface area contributed by atoms with E-state index in [0.717, 1.165) is 36.9 Å². The summed E-state index contributed by atoms with van der Waals surface area (Å²) in [5.41, 5.74) is 2.38. The normalized spacial score (nSPS) is 12.7. The van der Waals surface area contributed by atoms with Crippen LogP contribution in [0.5, 0.6) is 5.75 Å². The molecule has 0 aliphatic heterocycles. The van der Waals surface area contributed by atoms with Crippen LogP contribution in [-0.2, 0) is 17.6 Å². The molecule has 0 saturated heterocycles. The number of ether oxygens (including phenoxy) is 1. The average Bonchev–Trinajstić information content (AvgIpc) is 3.11. The third kappa shape index (κ3) is 4.66. The van der Waals surface area contributed by atoms with Crippen LogP contribution in [0.15, 0.2) is 60.7 Å². The number of benzene rings is 2. The predicted molar refractivity (Wildman–Crippen MR) is 116 cm³/mol. The Morgan fingerprint density at radius 3 is 2.34 bits per heavy atom. The fraction of sp³-hybridized carbons (Fsp3) is 0.217. The molecule has 5 nitrogen and oxygen atoms in total. The van der Waals surface area contributed by atoms with Gasteiger partial charge in [-0.1, -0.05) is 36.4 Å². The third-order valence-corrected chi connectivity index (χ3v) is 6.00. The molecule has 2 N–H and O–H groups in total. The van der Waals surface area contributed by atoms with Gasteiger partial charge < -0.3 is 15.4 Å². The SMILES string of the molecule is O=C(COc1ccccc1)Nc1sc2c(c1C(=O)Nc1ccccc1)CCCC2. The fourth-order valence-electron chi connectivity index (χ4n) is 3.44. The van der Waals surface area contributed by atoms with E-state index in [1.54, 1.807) is 12.1 Å². The van der Waals surface area contributed by atoms with Crippen LogP contribution in [0.4, 0.5) is 10.7 Å². The molecular weight excluding hydrogens is 384 g/mol. The van der Waals surface area contributed by atoms with E-state index < -0.39 is 0 Å². The zero-order valence-electron chi connectivity index (χ0n) is 15.9. The average molecular weight is 407 g/mol. The van der Waals surface area contributed by atoms with Crippen LogP contribution in [0.3, 0.4) is 0 Å². The van der Waals surface area contributed by atoms with E-state index in [4.69, 9.17) is 4.74 Å². The second kappa shape index (κ2) is 8.92. The summed E-state index contributed by atoms with van der Waals surface area (Å²) >= 11 is 1.50. The van der Waals surface area contributed by atoms with E-state index >= 15 is 0 Å². The number of rotatable bonds is 6. The van der Waals surface area contributed by atoms with Crippen molar-refractivity contribution in [2.75, 3.05) is 17.2 Å². The predicted octanol–water partition coefficient (Wildman–Crippen LogP) is 4.90. The molecule has 4 rings (SSSR count). The molecule has 1 aromatic heterocycles. The zero-order valence-corrected chi connectivity index (χ0v) is 16.8. The molecule has 2 aromatic carbocycles. The van der Waals surface area contributed by atoms with Crippen LogP contribution in [0, 0.1) is 0 Å². The highest BCUT2D eigenvalue weighted by molar-refractivity contribution is 7.17. The molecule has 0 atom stereocenters. The van der Waals surface area contributed by atoms with Gasteiger partial charge in [-0.3, -0.25) is 9.59 Å². The molecule has 0 radical (unpaired) electrons. The van der Waals surface area contributed by atoms with Crippen molar-refractivity contribution in [1.82, 2.24) is 0 Å². The number of para-hydroxylation sites is 2. The minimum absolute atomic E-state index is 0.105. The molecule has 1 aliphatic carbocycles. The number of nitrogens with one attached hydrogen (secondary N) is 2. The highest BCUT2D eigenvalue weighted by Crippen LogP contribution is 2.38. The van der Waals surface area contributed by atoms with Crippen molar-refractivity contribution in [3.63, 3.8) is 0 Å². The molecule has 0 fully saturated rings. The number of anilines is 2. The third-order valence-electron chi connectivity index (χ3n) is 4.80. The van der Waals surface area contributed by atoms with Crippen molar-refractivity contribution >= 4 is 33.8 Å². The summed E-state index contributed by atoms with van der Waals surface area (Å²) in [6.07, 6.45) is 3.97. The summed E-state index contributed by atoms with van der Waals surface area (Å²) in [4.78, 5) is 26.7. The number of aryl methyl sites for hydroxylation is 1. The molecule has 1 aliphatic rings. The molecule has 148 valence electrons. The summed E-state index contributed by atoms with van der Waals surface area (Å²) in [7, 11) is 0. The second-order valence-corrected chi connectivity index (χ2v) is 7.99.